The van der Waals surface area contributed by atoms with Crippen molar-refractivity contribution in [1.29, 1.82) is 0 Å². The summed E-state index contributed by atoms with van der Waals surface area (Å²) in [4.78, 5) is 21.2. The van der Waals surface area contributed by atoms with Gasteiger partial charge in [0.15, 0.2) is 0 Å². The number of aromatic nitrogens is 1. The largest absolute Gasteiger partial charge is 0.337 e. The van der Waals surface area contributed by atoms with Gasteiger partial charge >= 0.3 is 0 Å². The highest BCUT2D eigenvalue weighted by molar-refractivity contribution is 5.92. The molecule has 19 heavy (non-hydrogen) atoms. The van der Waals surface area contributed by atoms with Crippen molar-refractivity contribution < 1.29 is 4.79 Å². The molecule has 0 aliphatic carbocycles. The number of pyridine rings is 1. The maximum absolute atomic E-state index is 12.3. The van der Waals surface area contributed by atoms with Gasteiger partial charge in [-0.15, -0.1) is 0 Å². The molecule has 102 valence electrons. The number of carbonyl (C=O) groups excluding carboxylic acids is 1. The Hall–Kier alpha value is -1.42. The maximum atomic E-state index is 12.3. The zero-order chi connectivity index (χ0) is 13.1. The lowest BCUT2D eigenvalue weighted by atomic mass is 10.2. The molecule has 1 amide bonds. The average molecular weight is 259 g/mol. The first kappa shape index (κ1) is 12.6. The first-order valence-corrected chi connectivity index (χ1v) is 7.30. The van der Waals surface area contributed by atoms with Crippen LogP contribution in [0.15, 0.2) is 18.2 Å². The number of rotatable bonds is 3. The first-order chi connectivity index (χ1) is 9.33. The number of nitrogens with zero attached hydrogens (tertiary/aromatic N) is 3. The highest BCUT2D eigenvalue weighted by atomic mass is 16.2. The van der Waals surface area contributed by atoms with Gasteiger partial charge in [0, 0.05) is 19.6 Å². The average Bonchev–Trinajstić information content (AvgIpc) is 3.11. The number of amides is 1. The normalized spacial score (nSPS) is 20.1. The zero-order valence-corrected chi connectivity index (χ0v) is 11.3. The lowest BCUT2D eigenvalue weighted by Crippen LogP contribution is -2.29. The minimum atomic E-state index is 0.0979. The van der Waals surface area contributed by atoms with Crippen LogP contribution in [0, 0.1) is 0 Å². The summed E-state index contributed by atoms with van der Waals surface area (Å²) in [5, 5.41) is 0. The Labute approximate surface area is 114 Å². The molecule has 1 aromatic rings. The molecule has 0 saturated carbocycles. The van der Waals surface area contributed by atoms with E-state index in [4.69, 9.17) is 0 Å². The third-order valence-electron chi connectivity index (χ3n) is 4.00. The Morgan fingerprint density at radius 3 is 2.47 bits per heavy atom. The lowest BCUT2D eigenvalue weighted by Gasteiger charge is -2.17. The fraction of sp³-hybridized carbons (Fsp3) is 0.600. The fourth-order valence-corrected chi connectivity index (χ4v) is 2.94. The van der Waals surface area contributed by atoms with Crippen molar-refractivity contribution in [3.63, 3.8) is 0 Å². The number of carbonyl (C=O) groups is 1. The van der Waals surface area contributed by atoms with Crippen molar-refractivity contribution in [2.45, 2.75) is 32.2 Å². The third kappa shape index (κ3) is 2.95. The molecule has 0 N–H and O–H groups in total. The molecule has 0 spiro atoms. The van der Waals surface area contributed by atoms with Crippen molar-refractivity contribution in [3.8, 4) is 0 Å². The minimum absolute atomic E-state index is 0.0979. The Balaban J connectivity index is 1.69. The van der Waals surface area contributed by atoms with Crippen LogP contribution in [-0.2, 0) is 6.54 Å². The van der Waals surface area contributed by atoms with Gasteiger partial charge in [0.05, 0.1) is 5.69 Å². The maximum Gasteiger partial charge on any atom is 0.272 e. The van der Waals surface area contributed by atoms with E-state index in [1.54, 1.807) is 0 Å². The second-order valence-corrected chi connectivity index (χ2v) is 5.50. The Morgan fingerprint density at radius 1 is 1.05 bits per heavy atom. The zero-order valence-electron chi connectivity index (χ0n) is 11.3. The molecule has 2 saturated heterocycles. The second kappa shape index (κ2) is 5.70. The molecule has 4 nitrogen and oxygen atoms in total. The molecule has 0 atom stereocenters. The molecule has 1 aromatic heterocycles. The SMILES string of the molecule is O=C(c1cccc(CN2CCCC2)n1)N1CCCC1. The van der Waals surface area contributed by atoms with Gasteiger partial charge in [0.2, 0.25) is 0 Å². The van der Waals surface area contributed by atoms with Crippen LogP contribution in [-0.4, -0.2) is 46.9 Å². The highest BCUT2D eigenvalue weighted by Gasteiger charge is 2.21. The van der Waals surface area contributed by atoms with Crippen LogP contribution < -0.4 is 0 Å². The van der Waals surface area contributed by atoms with Gasteiger partial charge in [-0.3, -0.25) is 9.69 Å². The van der Waals surface area contributed by atoms with E-state index in [-0.39, 0.29) is 5.91 Å². The number of hydrogen-bond donors (Lipinski definition) is 0. The summed E-state index contributed by atoms with van der Waals surface area (Å²) in [6.07, 6.45) is 4.82. The minimum Gasteiger partial charge on any atom is -0.337 e. The van der Waals surface area contributed by atoms with E-state index in [1.165, 1.54) is 12.8 Å². The second-order valence-electron chi connectivity index (χ2n) is 5.50. The van der Waals surface area contributed by atoms with Gasteiger partial charge in [-0.1, -0.05) is 6.07 Å². The van der Waals surface area contributed by atoms with Crippen molar-refractivity contribution in [2.75, 3.05) is 26.2 Å². The standard InChI is InChI=1S/C15H21N3O/c19-15(18-10-3-4-11-18)14-7-5-6-13(16-14)12-17-8-1-2-9-17/h5-7H,1-4,8-12H2. The van der Waals surface area contributed by atoms with Crippen LogP contribution in [0.2, 0.25) is 0 Å². The van der Waals surface area contributed by atoms with E-state index < -0.39 is 0 Å². The molecule has 3 rings (SSSR count). The quantitative estimate of drug-likeness (QED) is 0.832. The number of hydrogen-bond acceptors (Lipinski definition) is 3. The molecule has 0 radical (unpaired) electrons. The highest BCUT2D eigenvalue weighted by Crippen LogP contribution is 2.14. The molecule has 3 heterocycles. The molecule has 2 aliphatic heterocycles. The molecule has 0 bridgehead atoms. The molecule has 0 aromatic carbocycles. The van der Waals surface area contributed by atoms with E-state index >= 15 is 0 Å². The molecule has 2 aliphatic rings. The van der Waals surface area contributed by atoms with Crippen LogP contribution in [0.1, 0.15) is 41.9 Å². The Bertz CT molecular complexity index is 448. The van der Waals surface area contributed by atoms with Gasteiger partial charge in [-0.25, -0.2) is 4.98 Å². The molecular formula is C15H21N3O. The van der Waals surface area contributed by atoms with Crippen LogP contribution in [0.5, 0.6) is 0 Å². The molecule has 0 unspecified atom stereocenters. The summed E-state index contributed by atoms with van der Waals surface area (Å²) in [5.41, 5.74) is 1.63. The van der Waals surface area contributed by atoms with Crippen molar-refractivity contribution in [1.82, 2.24) is 14.8 Å². The summed E-state index contributed by atoms with van der Waals surface area (Å²) in [7, 11) is 0. The molecule has 2 fully saturated rings. The first-order valence-electron chi connectivity index (χ1n) is 7.30. The van der Waals surface area contributed by atoms with E-state index in [0.29, 0.717) is 5.69 Å². The van der Waals surface area contributed by atoms with Crippen molar-refractivity contribution in [2.24, 2.45) is 0 Å². The summed E-state index contributed by atoms with van der Waals surface area (Å²) < 4.78 is 0. The summed E-state index contributed by atoms with van der Waals surface area (Å²) >= 11 is 0. The molecular weight excluding hydrogens is 238 g/mol. The van der Waals surface area contributed by atoms with Crippen LogP contribution in [0.3, 0.4) is 0 Å². The smallest absolute Gasteiger partial charge is 0.272 e. The lowest BCUT2D eigenvalue weighted by molar-refractivity contribution is 0.0786. The fourth-order valence-electron chi connectivity index (χ4n) is 2.94. The summed E-state index contributed by atoms with van der Waals surface area (Å²) in [5.74, 6) is 0.0979. The van der Waals surface area contributed by atoms with Crippen LogP contribution >= 0.6 is 0 Å². The van der Waals surface area contributed by atoms with E-state index in [1.807, 2.05) is 23.1 Å². The summed E-state index contributed by atoms with van der Waals surface area (Å²) in [6, 6.07) is 5.83. The predicted molar refractivity (Wildman–Crippen MR) is 73.9 cm³/mol. The number of likely N-dealkylation sites (tertiary alicyclic amines) is 2. The van der Waals surface area contributed by atoms with Crippen LogP contribution in [0.25, 0.3) is 0 Å². The van der Waals surface area contributed by atoms with E-state index in [2.05, 4.69) is 9.88 Å². The van der Waals surface area contributed by atoms with Gasteiger partial charge in [0.1, 0.15) is 5.69 Å². The Kier molecular flexibility index (Phi) is 3.78. The third-order valence-corrected chi connectivity index (χ3v) is 4.00. The Morgan fingerprint density at radius 2 is 1.74 bits per heavy atom. The van der Waals surface area contributed by atoms with E-state index in [0.717, 1.165) is 51.3 Å². The van der Waals surface area contributed by atoms with Gasteiger partial charge in [0.25, 0.3) is 5.91 Å². The monoisotopic (exact) mass is 259 g/mol. The van der Waals surface area contributed by atoms with Gasteiger partial charge in [-0.05, 0) is 50.9 Å². The van der Waals surface area contributed by atoms with E-state index in [9.17, 15) is 4.79 Å². The predicted octanol–water partition coefficient (Wildman–Crippen LogP) is 1.91. The van der Waals surface area contributed by atoms with Gasteiger partial charge in [-0.2, -0.15) is 0 Å². The van der Waals surface area contributed by atoms with Gasteiger partial charge < -0.3 is 4.90 Å². The van der Waals surface area contributed by atoms with Crippen LogP contribution in [0.4, 0.5) is 0 Å². The van der Waals surface area contributed by atoms with Crippen molar-refractivity contribution >= 4 is 5.91 Å². The topological polar surface area (TPSA) is 36.4 Å². The summed E-state index contributed by atoms with van der Waals surface area (Å²) in [6.45, 7) is 4.97. The molecule has 4 heteroatoms. The van der Waals surface area contributed by atoms with Crippen molar-refractivity contribution in [3.05, 3.63) is 29.6 Å².